The number of carbonyl (C=O) groups is 1. The summed E-state index contributed by atoms with van der Waals surface area (Å²) in [7, 11) is 0. The summed E-state index contributed by atoms with van der Waals surface area (Å²) in [5, 5.41) is 2.02. The summed E-state index contributed by atoms with van der Waals surface area (Å²) >= 11 is 5.08. The topological polar surface area (TPSA) is 20.3 Å². The number of rotatable bonds is 5. The van der Waals surface area contributed by atoms with Crippen LogP contribution < -0.4 is 0 Å². The van der Waals surface area contributed by atoms with Crippen molar-refractivity contribution in [3.05, 3.63) is 69.3 Å². The lowest BCUT2D eigenvalue weighted by atomic mass is 10.2. The van der Waals surface area contributed by atoms with Gasteiger partial charge in [-0.2, -0.15) is 0 Å². The summed E-state index contributed by atoms with van der Waals surface area (Å²) in [6, 6.07) is 11.5. The van der Waals surface area contributed by atoms with E-state index in [0.29, 0.717) is 18.7 Å². The van der Waals surface area contributed by atoms with Crippen molar-refractivity contribution < 1.29 is 4.79 Å². The quantitative estimate of drug-likeness (QED) is 0.744. The van der Waals surface area contributed by atoms with E-state index in [1.807, 2.05) is 41.8 Å². The van der Waals surface area contributed by atoms with E-state index in [-0.39, 0.29) is 5.91 Å². The maximum Gasteiger partial charge on any atom is 0.255 e. The van der Waals surface area contributed by atoms with E-state index in [1.165, 1.54) is 4.88 Å². The largest absolute Gasteiger partial charge is 0.330 e. The van der Waals surface area contributed by atoms with Crippen molar-refractivity contribution in [2.45, 2.75) is 6.54 Å². The molecule has 1 heterocycles. The van der Waals surface area contributed by atoms with Gasteiger partial charge in [0.2, 0.25) is 0 Å². The molecule has 0 spiro atoms. The second-order valence-corrected chi connectivity index (χ2v) is 5.92. The van der Waals surface area contributed by atoms with Crippen LogP contribution in [0.2, 0.25) is 0 Å². The Hall–Kier alpha value is -1.39. The standard InChI is InChI=1S/C15H14BrNOS/c1-2-9-17(11-12-6-5-10-19-12)15(18)13-7-3-4-8-14(13)16/h2-8,10H,1,9,11H2. The van der Waals surface area contributed by atoms with Gasteiger partial charge in [-0.3, -0.25) is 4.79 Å². The molecule has 0 fully saturated rings. The first kappa shape index (κ1) is 14.0. The third kappa shape index (κ3) is 3.55. The molecule has 0 aliphatic carbocycles. The Bertz CT molecular complexity index is 565. The molecule has 0 radical (unpaired) electrons. The fraction of sp³-hybridized carbons (Fsp3) is 0.133. The van der Waals surface area contributed by atoms with E-state index in [9.17, 15) is 4.79 Å². The summed E-state index contributed by atoms with van der Waals surface area (Å²) in [6.45, 7) is 4.88. The molecule has 0 N–H and O–H groups in total. The summed E-state index contributed by atoms with van der Waals surface area (Å²) in [6.07, 6.45) is 1.75. The van der Waals surface area contributed by atoms with Crippen LogP contribution >= 0.6 is 27.3 Å². The van der Waals surface area contributed by atoms with Crippen molar-refractivity contribution in [1.29, 1.82) is 0 Å². The molecule has 0 saturated carbocycles. The van der Waals surface area contributed by atoms with Crippen molar-refractivity contribution in [1.82, 2.24) is 4.90 Å². The molecule has 2 rings (SSSR count). The van der Waals surface area contributed by atoms with E-state index < -0.39 is 0 Å². The minimum absolute atomic E-state index is 0.0146. The van der Waals surface area contributed by atoms with Gasteiger partial charge >= 0.3 is 0 Å². The maximum atomic E-state index is 12.5. The molecule has 1 aromatic heterocycles. The number of amides is 1. The number of nitrogens with zero attached hydrogens (tertiary/aromatic N) is 1. The SMILES string of the molecule is C=CCN(Cc1cccs1)C(=O)c1ccccc1Br. The average Bonchev–Trinajstić information content (AvgIpc) is 2.91. The Balaban J connectivity index is 2.21. The number of hydrogen-bond donors (Lipinski definition) is 0. The first-order valence-electron chi connectivity index (χ1n) is 5.89. The van der Waals surface area contributed by atoms with Crippen molar-refractivity contribution in [2.24, 2.45) is 0 Å². The molecule has 19 heavy (non-hydrogen) atoms. The highest BCUT2D eigenvalue weighted by atomic mass is 79.9. The molecule has 0 aliphatic rings. The number of hydrogen-bond acceptors (Lipinski definition) is 2. The summed E-state index contributed by atoms with van der Waals surface area (Å²) < 4.78 is 0.820. The van der Waals surface area contributed by atoms with E-state index in [4.69, 9.17) is 0 Å². The first-order chi connectivity index (χ1) is 9.22. The molecular formula is C15H14BrNOS. The minimum atomic E-state index is 0.0146. The molecule has 1 amide bonds. The lowest BCUT2D eigenvalue weighted by molar-refractivity contribution is 0.0763. The van der Waals surface area contributed by atoms with E-state index in [0.717, 1.165) is 4.47 Å². The Morgan fingerprint density at radius 1 is 1.32 bits per heavy atom. The molecule has 4 heteroatoms. The monoisotopic (exact) mass is 335 g/mol. The number of halogens is 1. The van der Waals surface area contributed by atoms with Crippen LogP contribution in [0, 0.1) is 0 Å². The van der Waals surface area contributed by atoms with Gasteiger partial charge < -0.3 is 4.90 Å². The van der Waals surface area contributed by atoms with Crippen LogP contribution in [0.15, 0.2) is 58.9 Å². The van der Waals surface area contributed by atoms with E-state index in [2.05, 4.69) is 22.5 Å². The van der Waals surface area contributed by atoms with E-state index in [1.54, 1.807) is 22.3 Å². The molecule has 0 bridgehead atoms. The molecule has 0 saturated heterocycles. The first-order valence-corrected chi connectivity index (χ1v) is 7.56. The zero-order chi connectivity index (χ0) is 13.7. The van der Waals surface area contributed by atoms with Gasteiger partial charge in [-0.25, -0.2) is 0 Å². The average molecular weight is 336 g/mol. The van der Waals surface area contributed by atoms with Crippen LogP contribution in [-0.2, 0) is 6.54 Å². The second kappa shape index (κ2) is 6.68. The Morgan fingerprint density at radius 2 is 2.11 bits per heavy atom. The third-order valence-electron chi connectivity index (χ3n) is 2.67. The van der Waals surface area contributed by atoms with Crippen LogP contribution in [0.1, 0.15) is 15.2 Å². The zero-order valence-electron chi connectivity index (χ0n) is 10.4. The van der Waals surface area contributed by atoms with Gasteiger partial charge in [-0.15, -0.1) is 17.9 Å². The number of carbonyl (C=O) groups excluding carboxylic acids is 1. The minimum Gasteiger partial charge on any atom is -0.330 e. The van der Waals surface area contributed by atoms with Crippen molar-refractivity contribution in [3.63, 3.8) is 0 Å². The number of thiophene rings is 1. The maximum absolute atomic E-state index is 12.5. The van der Waals surface area contributed by atoms with Gasteiger partial charge in [0.1, 0.15) is 0 Å². The molecule has 0 aliphatic heterocycles. The summed E-state index contributed by atoms with van der Waals surface area (Å²) in [5.41, 5.74) is 0.681. The Kier molecular flexibility index (Phi) is 4.93. The highest BCUT2D eigenvalue weighted by molar-refractivity contribution is 9.10. The fourth-order valence-corrected chi connectivity index (χ4v) is 2.94. The highest BCUT2D eigenvalue weighted by Gasteiger charge is 2.17. The Labute approximate surface area is 125 Å². The van der Waals surface area contributed by atoms with Gasteiger partial charge in [0.05, 0.1) is 12.1 Å². The molecule has 2 nitrogen and oxygen atoms in total. The summed E-state index contributed by atoms with van der Waals surface area (Å²) in [4.78, 5) is 15.5. The molecule has 0 unspecified atom stereocenters. The van der Waals surface area contributed by atoms with Crippen LogP contribution in [-0.4, -0.2) is 17.4 Å². The molecular weight excluding hydrogens is 322 g/mol. The predicted octanol–water partition coefficient (Wildman–Crippen LogP) is 4.34. The summed E-state index contributed by atoms with van der Waals surface area (Å²) in [5.74, 6) is 0.0146. The van der Waals surface area contributed by atoms with Gasteiger partial charge in [0, 0.05) is 15.9 Å². The zero-order valence-corrected chi connectivity index (χ0v) is 12.8. The lowest BCUT2D eigenvalue weighted by Crippen LogP contribution is -2.30. The van der Waals surface area contributed by atoms with Crippen LogP contribution in [0.4, 0.5) is 0 Å². The van der Waals surface area contributed by atoms with Crippen LogP contribution in [0.3, 0.4) is 0 Å². The van der Waals surface area contributed by atoms with Gasteiger partial charge in [0.25, 0.3) is 5.91 Å². The van der Waals surface area contributed by atoms with Gasteiger partial charge in [-0.1, -0.05) is 24.3 Å². The predicted molar refractivity (Wildman–Crippen MR) is 83.4 cm³/mol. The van der Waals surface area contributed by atoms with Crippen molar-refractivity contribution in [3.8, 4) is 0 Å². The van der Waals surface area contributed by atoms with Crippen molar-refractivity contribution >= 4 is 33.2 Å². The van der Waals surface area contributed by atoms with E-state index >= 15 is 0 Å². The lowest BCUT2D eigenvalue weighted by Gasteiger charge is -2.21. The Morgan fingerprint density at radius 3 is 2.74 bits per heavy atom. The normalized spacial score (nSPS) is 10.2. The third-order valence-corrected chi connectivity index (χ3v) is 4.22. The van der Waals surface area contributed by atoms with Gasteiger partial charge in [-0.05, 0) is 39.5 Å². The molecule has 1 aromatic carbocycles. The smallest absolute Gasteiger partial charge is 0.255 e. The molecule has 0 atom stereocenters. The molecule has 2 aromatic rings. The molecule has 98 valence electrons. The highest BCUT2D eigenvalue weighted by Crippen LogP contribution is 2.20. The fourth-order valence-electron chi connectivity index (χ4n) is 1.77. The van der Waals surface area contributed by atoms with Gasteiger partial charge in [0.15, 0.2) is 0 Å². The second-order valence-electron chi connectivity index (χ2n) is 4.03. The van der Waals surface area contributed by atoms with Crippen molar-refractivity contribution in [2.75, 3.05) is 6.54 Å². The number of benzene rings is 1. The van der Waals surface area contributed by atoms with Crippen LogP contribution in [0.5, 0.6) is 0 Å². The van der Waals surface area contributed by atoms with Crippen LogP contribution in [0.25, 0.3) is 0 Å².